The molecule has 1 rings (SSSR count). The van der Waals surface area contributed by atoms with Crippen LogP contribution in [0.3, 0.4) is 0 Å². The first-order valence-electron chi connectivity index (χ1n) is 6.15. The summed E-state index contributed by atoms with van der Waals surface area (Å²) in [5.41, 5.74) is 1.09. The van der Waals surface area contributed by atoms with Crippen LogP contribution in [0.25, 0.3) is 0 Å². The lowest BCUT2D eigenvalue weighted by Gasteiger charge is -2.20. The van der Waals surface area contributed by atoms with Crippen LogP contribution in [0.4, 0.5) is 0 Å². The first-order valence-corrected chi connectivity index (χ1v) is 6.15. The summed E-state index contributed by atoms with van der Waals surface area (Å²) in [6.45, 7) is 4.32. The van der Waals surface area contributed by atoms with Gasteiger partial charge in [-0.05, 0) is 12.1 Å². The predicted octanol–water partition coefficient (Wildman–Crippen LogP) is 1.41. The molecule has 1 aromatic rings. The van der Waals surface area contributed by atoms with Crippen LogP contribution >= 0.6 is 0 Å². The number of hydrogen-bond donors (Lipinski definition) is 1. The normalized spacial score (nSPS) is 12.3. The Kier molecular flexibility index (Phi) is 7.04. The van der Waals surface area contributed by atoms with Gasteiger partial charge in [0.05, 0.1) is 31.9 Å². The molecule has 1 unspecified atom stereocenters. The van der Waals surface area contributed by atoms with Gasteiger partial charge in [0.15, 0.2) is 0 Å². The van der Waals surface area contributed by atoms with E-state index >= 15 is 0 Å². The number of likely N-dealkylation sites (N-methyl/N-ethyl adjacent to an activating group) is 1. The van der Waals surface area contributed by atoms with E-state index in [1.165, 1.54) is 0 Å². The molecule has 0 aliphatic rings. The van der Waals surface area contributed by atoms with Gasteiger partial charge in [0, 0.05) is 6.54 Å². The standard InChI is InChI=1S/C14H20N2O2/c1-2-16(9-8-15)10-14(17)12-18-11-13-6-4-3-5-7-13/h3-7,14,17H,2,9-12H2,1H3. The first-order chi connectivity index (χ1) is 8.76. The minimum atomic E-state index is -0.554. The predicted molar refractivity (Wildman–Crippen MR) is 69.8 cm³/mol. The molecular formula is C14H20N2O2. The molecule has 0 heterocycles. The second kappa shape index (κ2) is 8.65. The van der Waals surface area contributed by atoms with Gasteiger partial charge >= 0.3 is 0 Å². The highest BCUT2D eigenvalue weighted by molar-refractivity contribution is 5.13. The Morgan fingerprint density at radius 2 is 2.11 bits per heavy atom. The second-order valence-electron chi connectivity index (χ2n) is 4.14. The summed E-state index contributed by atoms with van der Waals surface area (Å²) in [6.07, 6.45) is -0.554. The molecule has 0 fully saturated rings. The SMILES string of the molecule is CCN(CC#N)CC(O)COCc1ccccc1. The van der Waals surface area contributed by atoms with Crippen LogP contribution in [0, 0.1) is 11.3 Å². The van der Waals surface area contributed by atoms with E-state index in [9.17, 15) is 5.11 Å². The average Bonchev–Trinajstić information content (AvgIpc) is 2.39. The summed E-state index contributed by atoms with van der Waals surface area (Å²) in [5, 5.41) is 18.4. The van der Waals surface area contributed by atoms with Crippen LogP contribution in [0.5, 0.6) is 0 Å². The van der Waals surface area contributed by atoms with Crippen molar-refractivity contribution in [3.8, 4) is 6.07 Å². The quantitative estimate of drug-likeness (QED) is 0.707. The molecule has 0 amide bonds. The molecule has 0 bridgehead atoms. The number of aliphatic hydroxyl groups excluding tert-OH is 1. The molecule has 4 heteroatoms. The van der Waals surface area contributed by atoms with Crippen molar-refractivity contribution < 1.29 is 9.84 Å². The van der Waals surface area contributed by atoms with Gasteiger partial charge in [-0.3, -0.25) is 4.90 Å². The summed E-state index contributed by atoms with van der Waals surface area (Å²) < 4.78 is 5.45. The Morgan fingerprint density at radius 1 is 1.39 bits per heavy atom. The zero-order valence-corrected chi connectivity index (χ0v) is 10.7. The highest BCUT2D eigenvalue weighted by atomic mass is 16.5. The fraction of sp³-hybridized carbons (Fsp3) is 0.500. The van der Waals surface area contributed by atoms with Crippen LogP contribution in [-0.2, 0) is 11.3 Å². The maximum absolute atomic E-state index is 9.78. The number of ether oxygens (including phenoxy) is 1. The van der Waals surface area contributed by atoms with Crippen LogP contribution in [-0.4, -0.2) is 42.4 Å². The topological polar surface area (TPSA) is 56.5 Å². The lowest BCUT2D eigenvalue weighted by Crippen LogP contribution is -2.35. The Bertz CT molecular complexity index is 362. The van der Waals surface area contributed by atoms with Crippen molar-refractivity contribution in [2.75, 3.05) is 26.2 Å². The van der Waals surface area contributed by atoms with Gasteiger partial charge < -0.3 is 9.84 Å². The Morgan fingerprint density at radius 3 is 2.72 bits per heavy atom. The highest BCUT2D eigenvalue weighted by Crippen LogP contribution is 2.01. The van der Waals surface area contributed by atoms with E-state index in [2.05, 4.69) is 6.07 Å². The zero-order chi connectivity index (χ0) is 13.2. The fourth-order valence-corrected chi connectivity index (χ4v) is 1.64. The second-order valence-corrected chi connectivity index (χ2v) is 4.14. The van der Waals surface area contributed by atoms with E-state index in [4.69, 9.17) is 10.00 Å². The van der Waals surface area contributed by atoms with Gasteiger partial charge in [0.2, 0.25) is 0 Å². The van der Waals surface area contributed by atoms with Crippen molar-refractivity contribution in [2.45, 2.75) is 19.6 Å². The van der Waals surface area contributed by atoms with E-state index in [1.54, 1.807) is 0 Å². The molecule has 0 aromatic heterocycles. The Hall–Kier alpha value is -1.41. The third kappa shape index (κ3) is 5.78. The molecule has 0 spiro atoms. The molecule has 98 valence electrons. The van der Waals surface area contributed by atoms with Crippen molar-refractivity contribution in [1.29, 1.82) is 5.26 Å². The van der Waals surface area contributed by atoms with Crippen molar-refractivity contribution >= 4 is 0 Å². The average molecular weight is 248 g/mol. The fourth-order valence-electron chi connectivity index (χ4n) is 1.64. The number of benzene rings is 1. The van der Waals surface area contributed by atoms with Gasteiger partial charge in [-0.15, -0.1) is 0 Å². The Labute approximate surface area is 108 Å². The van der Waals surface area contributed by atoms with E-state index in [1.807, 2.05) is 42.2 Å². The lowest BCUT2D eigenvalue weighted by atomic mass is 10.2. The summed E-state index contributed by atoms with van der Waals surface area (Å²) in [6, 6.07) is 11.9. The largest absolute Gasteiger partial charge is 0.389 e. The van der Waals surface area contributed by atoms with Crippen molar-refractivity contribution in [3.05, 3.63) is 35.9 Å². The summed E-state index contributed by atoms with van der Waals surface area (Å²) >= 11 is 0. The molecule has 0 saturated heterocycles. The third-order valence-electron chi connectivity index (χ3n) is 2.63. The van der Waals surface area contributed by atoms with E-state index in [0.29, 0.717) is 19.7 Å². The van der Waals surface area contributed by atoms with Crippen LogP contribution in [0.15, 0.2) is 30.3 Å². The smallest absolute Gasteiger partial charge is 0.0900 e. The van der Waals surface area contributed by atoms with Crippen LogP contribution in [0.2, 0.25) is 0 Å². The summed E-state index contributed by atoms with van der Waals surface area (Å²) in [5.74, 6) is 0. The monoisotopic (exact) mass is 248 g/mol. The van der Waals surface area contributed by atoms with Crippen LogP contribution in [0.1, 0.15) is 12.5 Å². The molecule has 1 N–H and O–H groups in total. The van der Waals surface area contributed by atoms with E-state index in [0.717, 1.165) is 12.1 Å². The summed E-state index contributed by atoms with van der Waals surface area (Å²) in [7, 11) is 0. The molecular weight excluding hydrogens is 228 g/mol. The van der Waals surface area contributed by atoms with Gasteiger partial charge in [-0.25, -0.2) is 0 Å². The number of nitrogens with zero attached hydrogens (tertiary/aromatic N) is 2. The van der Waals surface area contributed by atoms with E-state index < -0.39 is 6.10 Å². The molecule has 18 heavy (non-hydrogen) atoms. The van der Waals surface area contributed by atoms with Gasteiger partial charge in [0.25, 0.3) is 0 Å². The number of hydrogen-bond acceptors (Lipinski definition) is 4. The van der Waals surface area contributed by atoms with Crippen molar-refractivity contribution in [1.82, 2.24) is 4.90 Å². The van der Waals surface area contributed by atoms with Crippen molar-refractivity contribution in [3.63, 3.8) is 0 Å². The van der Waals surface area contributed by atoms with Gasteiger partial charge in [-0.1, -0.05) is 37.3 Å². The summed E-state index contributed by atoms with van der Waals surface area (Å²) in [4.78, 5) is 1.89. The third-order valence-corrected chi connectivity index (χ3v) is 2.63. The molecule has 0 radical (unpaired) electrons. The first kappa shape index (κ1) is 14.7. The number of aliphatic hydroxyl groups is 1. The maximum Gasteiger partial charge on any atom is 0.0900 e. The Balaban J connectivity index is 2.21. The zero-order valence-electron chi connectivity index (χ0n) is 10.7. The van der Waals surface area contributed by atoms with E-state index in [-0.39, 0.29) is 6.61 Å². The van der Waals surface area contributed by atoms with Crippen LogP contribution < -0.4 is 0 Å². The maximum atomic E-state index is 9.78. The highest BCUT2D eigenvalue weighted by Gasteiger charge is 2.10. The molecule has 0 aliphatic carbocycles. The molecule has 1 aromatic carbocycles. The lowest BCUT2D eigenvalue weighted by molar-refractivity contribution is 0.0126. The number of nitriles is 1. The van der Waals surface area contributed by atoms with Gasteiger partial charge in [-0.2, -0.15) is 5.26 Å². The molecule has 1 atom stereocenters. The van der Waals surface area contributed by atoms with Crippen molar-refractivity contribution in [2.24, 2.45) is 0 Å². The minimum Gasteiger partial charge on any atom is -0.389 e. The minimum absolute atomic E-state index is 0.289. The van der Waals surface area contributed by atoms with Gasteiger partial charge in [0.1, 0.15) is 0 Å². The molecule has 0 saturated carbocycles. The molecule has 0 aliphatic heterocycles. The molecule has 4 nitrogen and oxygen atoms in total. The number of rotatable bonds is 8.